The van der Waals surface area contributed by atoms with E-state index in [2.05, 4.69) is 32.6 Å². The summed E-state index contributed by atoms with van der Waals surface area (Å²) in [6.45, 7) is 10.7. The minimum absolute atomic E-state index is 0.778. The van der Waals surface area contributed by atoms with Gasteiger partial charge in [0.15, 0.2) is 0 Å². The van der Waals surface area contributed by atoms with Gasteiger partial charge in [-0.25, -0.2) is 0 Å². The Bertz CT molecular complexity index is 152. The van der Waals surface area contributed by atoms with E-state index in [0.29, 0.717) is 0 Å². The normalized spacial score (nSPS) is 42.5. The van der Waals surface area contributed by atoms with Crippen molar-refractivity contribution in [3.8, 4) is 0 Å². The van der Waals surface area contributed by atoms with E-state index in [1.165, 1.54) is 6.54 Å². The second-order valence-corrected chi connectivity index (χ2v) is 4.77. The van der Waals surface area contributed by atoms with E-state index in [1.807, 2.05) is 0 Å². The molecule has 3 unspecified atom stereocenters. The monoisotopic (exact) mass is 153 g/mol. The van der Waals surface area contributed by atoms with Crippen molar-refractivity contribution in [3.63, 3.8) is 0 Å². The molecule has 11 heavy (non-hydrogen) atoms. The van der Waals surface area contributed by atoms with Crippen LogP contribution in [0, 0.1) is 17.8 Å². The zero-order valence-corrected chi connectivity index (χ0v) is 8.04. The predicted molar refractivity (Wildman–Crippen MR) is 47.4 cm³/mol. The van der Waals surface area contributed by atoms with Gasteiger partial charge in [-0.15, -0.1) is 0 Å². The quantitative estimate of drug-likeness (QED) is 0.586. The van der Waals surface area contributed by atoms with Crippen LogP contribution in [0.2, 0.25) is 0 Å². The number of nitrogens with zero attached hydrogens (tertiary/aromatic N) is 1. The topological polar surface area (TPSA) is 3.24 Å². The minimum atomic E-state index is 0.778. The summed E-state index contributed by atoms with van der Waals surface area (Å²) in [7, 11) is 0. The van der Waals surface area contributed by atoms with E-state index < -0.39 is 0 Å². The maximum absolute atomic E-state index is 2.65. The molecule has 2 aliphatic rings. The van der Waals surface area contributed by atoms with Crippen LogP contribution in [-0.4, -0.2) is 23.5 Å². The highest BCUT2D eigenvalue weighted by Gasteiger charge is 2.62. The molecule has 1 saturated carbocycles. The zero-order valence-electron chi connectivity index (χ0n) is 8.04. The molecule has 0 N–H and O–H groups in total. The number of hydrogen-bond donors (Lipinski definition) is 0. The Labute approximate surface area is 69.8 Å². The van der Waals surface area contributed by atoms with Crippen molar-refractivity contribution >= 4 is 0 Å². The third kappa shape index (κ3) is 0.936. The van der Waals surface area contributed by atoms with Gasteiger partial charge in [0.1, 0.15) is 0 Å². The maximum atomic E-state index is 2.65. The maximum Gasteiger partial charge on any atom is 0.0176 e. The molecule has 0 aromatic carbocycles. The molecule has 0 aromatic rings. The van der Waals surface area contributed by atoms with Crippen LogP contribution in [0.1, 0.15) is 27.7 Å². The Morgan fingerprint density at radius 2 is 1.82 bits per heavy atom. The number of rotatable bonds is 2. The van der Waals surface area contributed by atoms with Crippen LogP contribution in [0.3, 0.4) is 0 Å². The molecule has 1 aliphatic carbocycles. The molecule has 1 saturated heterocycles. The number of hydrogen-bond acceptors (Lipinski definition) is 1. The summed E-state index contributed by atoms with van der Waals surface area (Å²) in [5.41, 5.74) is 0. The third-order valence-corrected chi connectivity index (χ3v) is 3.42. The van der Waals surface area contributed by atoms with Crippen molar-refractivity contribution in [1.29, 1.82) is 0 Å². The van der Waals surface area contributed by atoms with Gasteiger partial charge in [-0.1, -0.05) is 13.8 Å². The van der Waals surface area contributed by atoms with Crippen molar-refractivity contribution in [2.45, 2.75) is 39.8 Å². The second kappa shape index (κ2) is 2.22. The molecule has 1 aliphatic heterocycles. The minimum Gasteiger partial charge on any atom is -0.297 e. The van der Waals surface area contributed by atoms with Crippen LogP contribution < -0.4 is 0 Å². The summed E-state index contributed by atoms with van der Waals surface area (Å²) in [6.07, 6.45) is 0. The smallest absolute Gasteiger partial charge is 0.0176 e. The van der Waals surface area contributed by atoms with Crippen molar-refractivity contribution in [1.82, 2.24) is 4.90 Å². The van der Waals surface area contributed by atoms with Gasteiger partial charge >= 0.3 is 0 Å². The average molecular weight is 153 g/mol. The molecule has 0 bridgehead atoms. The van der Waals surface area contributed by atoms with Crippen LogP contribution in [0.4, 0.5) is 0 Å². The van der Waals surface area contributed by atoms with Crippen LogP contribution >= 0.6 is 0 Å². The molecule has 1 heteroatoms. The first-order valence-corrected chi connectivity index (χ1v) is 4.88. The van der Waals surface area contributed by atoms with E-state index in [1.54, 1.807) is 0 Å². The Hall–Kier alpha value is -0.0400. The van der Waals surface area contributed by atoms with Gasteiger partial charge in [-0.05, 0) is 31.6 Å². The number of fused-ring (bicyclic) bond motifs is 1. The van der Waals surface area contributed by atoms with E-state index >= 15 is 0 Å². The molecule has 2 fully saturated rings. The Morgan fingerprint density at radius 3 is 2.09 bits per heavy atom. The lowest BCUT2D eigenvalue weighted by atomic mass is 10.1. The standard InChI is InChI=1S/C10H19N/c1-6(2)9-8-5-11(7(3)4)10(8)9/h6-10H,5H2,1-4H3. The fourth-order valence-corrected chi connectivity index (χ4v) is 2.75. The van der Waals surface area contributed by atoms with Gasteiger partial charge in [-0.2, -0.15) is 0 Å². The lowest BCUT2D eigenvalue weighted by molar-refractivity contribution is 0.126. The molecule has 2 rings (SSSR count). The van der Waals surface area contributed by atoms with Crippen molar-refractivity contribution in [2.24, 2.45) is 17.8 Å². The lowest BCUT2D eigenvalue weighted by Crippen LogP contribution is -2.44. The predicted octanol–water partition coefficient (Wildman–Crippen LogP) is 1.98. The fourth-order valence-electron chi connectivity index (χ4n) is 2.75. The van der Waals surface area contributed by atoms with Gasteiger partial charge in [0.05, 0.1) is 0 Å². The summed E-state index contributed by atoms with van der Waals surface area (Å²) < 4.78 is 0. The van der Waals surface area contributed by atoms with Crippen molar-refractivity contribution in [2.75, 3.05) is 6.54 Å². The Morgan fingerprint density at radius 1 is 1.18 bits per heavy atom. The first kappa shape index (κ1) is 7.60. The van der Waals surface area contributed by atoms with Gasteiger partial charge in [0.2, 0.25) is 0 Å². The Balaban J connectivity index is 1.90. The van der Waals surface area contributed by atoms with E-state index in [9.17, 15) is 0 Å². The van der Waals surface area contributed by atoms with Crippen molar-refractivity contribution in [3.05, 3.63) is 0 Å². The summed E-state index contributed by atoms with van der Waals surface area (Å²) in [5.74, 6) is 3.03. The van der Waals surface area contributed by atoms with Crippen LogP contribution in [0.25, 0.3) is 0 Å². The van der Waals surface area contributed by atoms with Crippen molar-refractivity contribution < 1.29 is 0 Å². The van der Waals surface area contributed by atoms with E-state index in [0.717, 1.165) is 29.8 Å². The van der Waals surface area contributed by atoms with Crippen LogP contribution in [0.15, 0.2) is 0 Å². The second-order valence-electron chi connectivity index (χ2n) is 4.77. The fraction of sp³-hybridized carbons (Fsp3) is 1.00. The molecule has 0 amide bonds. The molecule has 1 heterocycles. The molecular weight excluding hydrogens is 134 g/mol. The summed E-state index contributed by atoms with van der Waals surface area (Å²) >= 11 is 0. The van der Waals surface area contributed by atoms with Crippen LogP contribution in [0.5, 0.6) is 0 Å². The molecule has 0 spiro atoms. The highest BCUT2D eigenvalue weighted by molar-refractivity contribution is 5.15. The highest BCUT2D eigenvalue weighted by atomic mass is 15.3. The summed E-state index contributed by atoms with van der Waals surface area (Å²) in [4.78, 5) is 2.65. The van der Waals surface area contributed by atoms with Gasteiger partial charge in [0.25, 0.3) is 0 Å². The summed E-state index contributed by atoms with van der Waals surface area (Å²) in [6, 6.07) is 1.76. The first-order chi connectivity index (χ1) is 5.13. The molecule has 0 aromatic heterocycles. The molecule has 0 radical (unpaired) electrons. The summed E-state index contributed by atoms with van der Waals surface area (Å²) in [5, 5.41) is 0. The number of likely N-dealkylation sites (tertiary alicyclic amines) is 1. The third-order valence-electron chi connectivity index (χ3n) is 3.42. The van der Waals surface area contributed by atoms with Gasteiger partial charge in [0, 0.05) is 18.6 Å². The largest absolute Gasteiger partial charge is 0.297 e. The lowest BCUT2D eigenvalue weighted by Gasteiger charge is -2.33. The highest BCUT2D eigenvalue weighted by Crippen LogP contribution is 2.56. The molecule has 3 atom stereocenters. The van der Waals surface area contributed by atoms with E-state index in [4.69, 9.17) is 0 Å². The zero-order chi connectivity index (χ0) is 8.17. The van der Waals surface area contributed by atoms with Gasteiger partial charge in [-0.3, -0.25) is 4.90 Å². The SMILES string of the molecule is CC(C)C1C2CN(C(C)C)C21. The average Bonchev–Trinajstić information content (AvgIpc) is 2.34. The molecule has 1 nitrogen and oxygen atoms in total. The first-order valence-electron chi connectivity index (χ1n) is 4.88. The van der Waals surface area contributed by atoms with Crippen LogP contribution in [-0.2, 0) is 0 Å². The Kier molecular flexibility index (Phi) is 1.54. The molecular formula is C10H19N. The molecule has 64 valence electrons. The van der Waals surface area contributed by atoms with E-state index in [-0.39, 0.29) is 0 Å². The van der Waals surface area contributed by atoms with Gasteiger partial charge < -0.3 is 0 Å².